The molecule has 2 N–H and O–H groups in total. The summed E-state index contributed by atoms with van der Waals surface area (Å²) in [6.45, 7) is 0. The maximum absolute atomic E-state index is 13.1. The number of anilines is 1. The van der Waals surface area contributed by atoms with Crippen LogP contribution in [-0.2, 0) is 10.9 Å². The van der Waals surface area contributed by atoms with Gasteiger partial charge in [0.1, 0.15) is 11.8 Å². The number of hydrogen-bond acceptors (Lipinski definition) is 4. The first kappa shape index (κ1) is 15.9. The Labute approximate surface area is 134 Å². The second-order valence-electron chi connectivity index (χ2n) is 5.09. The van der Waals surface area contributed by atoms with E-state index in [1.807, 2.05) is 0 Å². The average molecular weight is 335 g/mol. The molecular weight excluding hydrogens is 323 g/mol. The predicted octanol–water partition coefficient (Wildman–Crippen LogP) is 3.41. The molecule has 8 heteroatoms. The Kier molecular flexibility index (Phi) is 3.67. The number of nitrogens with two attached hydrogens (primary N) is 1. The van der Waals surface area contributed by atoms with Gasteiger partial charge in [-0.1, -0.05) is 0 Å². The van der Waals surface area contributed by atoms with Gasteiger partial charge < -0.3 is 10.5 Å². The van der Waals surface area contributed by atoms with Crippen LogP contribution >= 0.6 is 0 Å². The van der Waals surface area contributed by atoms with E-state index in [1.54, 1.807) is 12.1 Å². The standard InChI is InChI=1S/C16H12F3N3O2/c1-24-15(23)9-2-4-11(5-3-9)22-8-21-14-12(16(17,18)19)6-10(20)7-13(14)22/h2-8H,20H2,1H3. The van der Waals surface area contributed by atoms with E-state index in [-0.39, 0.29) is 16.7 Å². The number of carbonyl (C=O) groups is 1. The van der Waals surface area contributed by atoms with Crippen molar-refractivity contribution in [3.8, 4) is 5.69 Å². The quantitative estimate of drug-likeness (QED) is 0.575. The number of nitrogen functional groups attached to an aromatic ring is 1. The molecule has 0 fully saturated rings. The summed E-state index contributed by atoms with van der Waals surface area (Å²) in [6.07, 6.45) is -3.27. The lowest BCUT2D eigenvalue weighted by Crippen LogP contribution is -2.07. The number of carbonyl (C=O) groups excluding carboxylic acids is 1. The number of alkyl halides is 3. The van der Waals surface area contributed by atoms with Crippen molar-refractivity contribution in [1.82, 2.24) is 9.55 Å². The number of imidazole rings is 1. The van der Waals surface area contributed by atoms with Crippen molar-refractivity contribution in [2.45, 2.75) is 6.18 Å². The van der Waals surface area contributed by atoms with Gasteiger partial charge in [0, 0.05) is 11.4 Å². The Hall–Kier alpha value is -3.03. The zero-order valence-corrected chi connectivity index (χ0v) is 12.5. The van der Waals surface area contributed by atoms with Crippen LogP contribution in [0.4, 0.5) is 18.9 Å². The fourth-order valence-corrected chi connectivity index (χ4v) is 2.44. The number of ether oxygens (including phenoxy) is 1. The lowest BCUT2D eigenvalue weighted by molar-refractivity contribution is -0.136. The van der Waals surface area contributed by atoms with Gasteiger partial charge in [-0.2, -0.15) is 13.2 Å². The summed E-state index contributed by atoms with van der Waals surface area (Å²) in [5.74, 6) is -0.499. The fraction of sp³-hybridized carbons (Fsp3) is 0.125. The minimum Gasteiger partial charge on any atom is -0.465 e. The number of hydrogen-bond donors (Lipinski definition) is 1. The molecule has 0 saturated carbocycles. The first-order valence-electron chi connectivity index (χ1n) is 6.84. The zero-order valence-electron chi connectivity index (χ0n) is 12.5. The molecule has 5 nitrogen and oxygen atoms in total. The highest BCUT2D eigenvalue weighted by molar-refractivity contribution is 5.90. The monoisotopic (exact) mass is 335 g/mol. The number of esters is 1. The molecule has 0 saturated heterocycles. The van der Waals surface area contributed by atoms with Crippen molar-refractivity contribution in [1.29, 1.82) is 0 Å². The van der Waals surface area contributed by atoms with Crippen LogP contribution < -0.4 is 5.73 Å². The molecule has 0 unspecified atom stereocenters. The maximum atomic E-state index is 13.1. The zero-order chi connectivity index (χ0) is 17.5. The second-order valence-corrected chi connectivity index (χ2v) is 5.09. The number of rotatable bonds is 2. The van der Waals surface area contributed by atoms with Crippen molar-refractivity contribution in [3.63, 3.8) is 0 Å². The van der Waals surface area contributed by atoms with Crippen LogP contribution in [-0.4, -0.2) is 22.6 Å². The molecule has 0 aliphatic heterocycles. The lowest BCUT2D eigenvalue weighted by Gasteiger charge is -2.10. The molecule has 0 spiro atoms. The van der Waals surface area contributed by atoms with Crippen molar-refractivity contribution in [2.24, 2.45) is 0 Å². The summed E-state index contributed by atoms with van der Waals surface area (Å²) in [5.41, 5.74) is 5.63. The summed E-state index contributed by atoms with van der Waals surface area (Å²) in [7, 11) is 1.26. The molecule has 3 rings (SSSR count). The molecule has 1 heterocycles. The molecule has 0 atom stereocenters. The predicted molar refractivity (Wildman–Crippen MR) is 81.8 cm³/mol. The second kappa shape index (κ2) is 5.55. The number of nitrogens with zero attached hydrogens (tertiary/aromatic N) is 2. The molecule has 24 heavy (non-hydrogen) atoms. The van der Waals surface area contributed by atoms with E-state index in [9.17, 15) is 18.0 Å². The van der Waals surface area contributed by atoms with Crippen molar-refractivity contribution >= 4 is 22.7 Å². The fourth-order valence-electron chi connectivity index (χ4n) is 2.44. The molecule has 124 valence electrons. The molecule has 0 aliphatic rings. The van der Waals surface area contributed by atoms with Gasteiger partial charge in [-0.05, 0) is 36.4 Å². The van der Waals surface area contributed by atoms with Crippen LogP contribution in [0.25, 0.3) is 16.7 Å². The maximum Gasteiger partial charge on any atom is 0.418 e. The highest BCUT2D eigenvalue weighted by Gasteiger charge is 2.34. The number of fused-ring (bicyclic) bond motifs is 1. The van der Waals surface area contributed by atoms with Crippen LogP contribution in [0.15, 0.2) is 42.7 Å². The molecule has 0 amide bonds. The van der Waals surface area contributed by atoms with E-state index < -0.39 is 17.7 Å². The third kappa shape index (κ3) is 2.66. The number of aromatic nitrogens is 2. The highest BCUT2D eigenvalue weighted by Crippen LogP contribution is 2.36. The Morgan fingerprint density at radius 3 is 2.46 bits per heavy atom. The van der Waals surface area contributed by atoms with Crippen molar-refractivity contribution < 1.29 is 22.7 Å². The van der Waals surface area contributed by atoms with Crippen LogP contribution in [0.2, 0.25) is 0 Å². The molecule has 0 radical (unpaired) electrons. The number of methoxy groups -OCH3 is 1. The summed E-state index contributed by atoms with van der Waals surface area (Å²) in [5, 5.41) is 0. The van der Waals surface area contributed by atoms with Gasteiger partial charge in [0.25, 0.3) is 0 Å². The molecule has 0 bridgehead atoms. The topological polar surface area (TPSA) is 70.1 Å². The highest BCUT2D eigenvalue weighted by atomic mass is 19.4. The van der Waals surface area contributed by atoms with Crippen LogP contribution in [0.5, 0.6) is 0 Å². The van der Waals surface area contributed by atoms with Gasteiger partial charge in [0.2, 0.25) is 0 Å². The summed E-state index contributed by atoms with van der Waals surface area (Å²) < 4.78 is 45.5. The lowest BCUT2D eigenvalue weighted by atomic mass is 10.1. The molecule has 3 aromatic rings. The van der Waals surface area contributed by atoms with E-state index in [0.717, 1.165) is 6.07 Å². The molecule has 1 aromatic heterocycles. The third-order valence-corrected chi connectivity index (χ3v) is 3.55. The Balaban J connectivity index is 2.14. The van der Waals surface area contributed by atoms with Crippen molar-refractivity contribution in [2.75, 3.05) is 12.8 Å². The largest absolute Gasteiger partial charge is 0.465 e. The van der Waals surface area contributed by atoms with Crippen LogP contribution in [0, 0.1) is 0 Å². The number of halogens is 3. The molecular formula is C16H12F3N3O2. The van der Waals surface area contributed by atoms with Gasteiger partial charge in [-0.25, -0.2) is 9.78 Å². The minimum absolute atomic E-state index is 0.0113. The Morgan fingerprint density at radius 2 is 1.88 bits per heavy atom. The number of benzene rings is 2. The van der Waals surface area contributed by atoms with Crippen LogP contribution in [0.1, 0.15) is 15.9 Å². The Morgan fingerprint density at radius 1 is 1.21 bits per heavy atom. The summed E-state index contributed by atoms with van der Waals surface area (Å²) in [6, 6.07) is 8.49. The van der Waals surface area contributed by atoms with E-state index in [2.05, 4.69) is 9.72 Å². The van der Waals surface area contributed by atoms with E-state index in [0.29, 0.717) is 11.3 Å². The summed E-state index contributed by atoms with van der Waals surface area (Å²) in [4.78, 5) is 15.3. The molecule has 2 aromatic carbocycles. The smallest absolute Gasteiger partial charge is 0.418 e. The van der Waals surface area contributed by atoms with Crippen molar-refractivity contribution in [3.05, 3.63) is 53.9 Å². The van der Waals surface area contributed by atoms with E-state index in [1.165, 1.54) is 36.2 Å². The van der Waals surface area contributed by atoms with Gasteiger partial charge in [0.15, 0.2) is 0 Å². The van der Waals surface area contributed by atoms with Gasteiger partial charge >= 0.3 is 12.1 Å². The van der Waals surface area contributed by atoms with Gasteiger partial charge in [-0.15, -0.1) is 0 Å². The third-order valence-electron chi connectivity index (χ3n) is 3.55. The first-order chi connectivity index (χ1) is 11.3. The van der Waals surface area contributed by atoms with E-state index >= 15 is 0 Å². The summed E-state index contributed by atoms with van der Waals surface area (Å²) >= 11 is 0. The van der Waals surface area contributed by atoms with E-state index in [4.69, 9.17) is 5.73 Å². The Bertz CT molecular complexity index is 915. The van der Waals surface area contributed by atoms with Crippen LogP contribution in [0.3, 0.4) is 0 Å². The SMILES string of the molecule is COC(=O)c1ccc(-n2cnc3c(C(F)(F)F)cc(N)cc32)cc1. The van der Waals surface area contributed by atoms with Gasteiger partial charge in [0.05, 0.1) is 23.8 Å². The normalized spacial score (nSPS) is 11.7. The minimum atomic E-state index is -4.55. The van der Waals surface area contributed by atoms with Gasteiger partial charge in [-0.3, -0.25) is 4.57 Å². The average Bonchev–Trinajstić information content (AvgIpc) is 2.96. The first-order valence-corrected chi connectivity index (χ1v) is 6.84. The molecule has 0 aliphatic carbocycles.